The van der Waals surface area contributed by atoms with Gasteiger partial charge in [0.2, 0.25) is 0 Å². The number of hydrogen-bond donors (Lipinski definition) is 0. The van der Waals surface area contributed by atoms with Gasteiger partial charge in [-0.15, -0.1) is 0 Å². The largest absolute Gasteiger partial charge is 0.422 e. The molecule has 3 aromatic rings. The number of esters is 1. The van der Waals surface area contributed by atoms with Crippen LogP contribution in [0.2, 0.25) is 0 Å². The average molecular weight is 293 g/mol. The Morgan fingerprint density at radius 1 is 0.864 bits per heavy atom. The summed E-state index contributed by atoms with van der Waals surface area (Å²) in [4.78, 5) is 22.7. The number of nitro groups is 1. The first-order valence-corrected chi connectivity index (χ1v) is 6.60. The number of carbonyl (C=O) groups excluding carboxylic acids is 1. The standard InChI is InChI=1S/C17H11NO4/c19-17(12-6-2-1-3-7-12)22-16-11-10-15(18(20)21)13-8-4-5-9-14(13)16/h1-11H. The molecule has 0 aromatic heterocycles. The highest BCUT2D eigenvalue weighted by atomic mass is 16.6. The smallest absolute Gasteiger partial charge is 0.343 e. The molecule has 0 bridgehead atoms. The topological polar surface area (TPSA) is 69.4 Å². The molecular weight excluding hydrogens is 282 g/mol. The van der Waals surface area contributed by atoms with Crippen molar-refractivity contribution in [3.63, 3.8) is 0 Å². The molecule has 0 fully saturated rings. The number of fused-ring (bicyclic) bond motifs is 1. The van der Waals surface area contributed by atoms with Gasteiger partial charge in [-0.25, -0.2) is 4.79 Å². The molecule has 0 aliphatic heterocycles. The number of ether oxygens (including phenoxy) is 1. The van der Waals surface area contributed by atoms with E-state index in [2.05, 4.69) is 0 Å². The molecule has 3 aromatic carbocycles. The second-order valence-corrected chi connectivity index (χ2v) is 4.64. The highest BCUT2D eigenvalue weighted by Gasteiger charge is 2.16. The van der Waals surface area contributed by atoms with Gasteiger partial charge in [0.15, 0.2) is 0 Å². The fourth-order valence-corrected chi connectivity index (χ4v) is 2.24. The molecule has 5 nitrogen and oxygen atoms in total. The summed E-state index contributed by atoms with van der Waals surface area (Å²) in [5.41, 5.74) is 0.403. The minimum Gasteiger partial charge on any atom is -0.422 e. The van der Waals surface area contributed by atoms with E-state index in [1.807, 2.05) is 0 Å². The summed E-state index contributed by atoms with van der Waals surface area (Å²) in [5.74, 6) is -0.199. The van der Waals surface area contributed by atoms with Crippen LogP contribution in [-0.4, -0.2) is 10.9 Å². The van der Waals surface area contributed by atoms with E-state index in [0.717, 1.165) is 0 Å². The maximum absolute atomic E-state index is 12.1. The maximum atomic E-state index is 12.1. The highest BCUT2D eigenvalue weighted by Crippen LogP contribution is 2.33. The quantitative estimate of drug-likeness (QED) is 0.317. The van der Waals surface area contributed by atoms with Gasteiger partial charge in [-0.2, -0.15) is 0 Å². The Balaban J connectivity index is 2.04. The van der Waals surface area contributed by atoms with Crippen molar-refractivity contribution in [1.82, 2.24) is 0 Å². The SMILES string of the molecule is O=C(Oc1ccc([N+](=O)[O-])c2ccccc12)c1ccccc1. The number of nitro benzene ring substituents is 1. The zero-order valence-electron chi connectivity index (χ0n) is 11.4. The van der Waals surface area contributed by atoms with Crippen LogP contribution in [0.5, 0.6) is 5.75 Å². The zero-order chi connectivity index (χ0) is 15.5. The maximum Gasteiger partial charge on any atom is 0.343 e. The number of nitrogens with zero attached hydrogens (tertiary/aromatic N) is 1. The second-order valence-electron chi connectivity index (χ2n) is 4.64. The molecule has 0 saturated carbocycles. The van der Waals surface area contributed by atoms with Crippen LogP contribution in [0.15, 0.2) is 66.7 Å². The zero-order valence-corrected chi connectivity index (χ0v) is 11.4. The van der Waals surface area contributed by atoms with Crippen molar-refractivity contribution in [2.75, 3.05) is 0 Å². The molecule has 0 aliphatic carbocycles. The number of non-ortho nitro benzene ring substituents is 1. The van der Waals surface area contributed by atoms with E-state index in [4.69, 9.17) is 4.74 Å². The van der Waals surface area contributed by atoms with Crippen LogP contribution in [0, 0.1) is 10.1 Å². The van der Waals surface area contributed by atoms with E-state index in [9.17, 15) is 14.9 Å². The van der Waals surface area contributed by atoms with Gasteiger partial charge in [0.05, 0.1) is 15.9 Å². The van der Waals surface area contributed by atoms with E-state index in [-0.39, 0.29) is 5.69 Å². The Hall–Kier alpha value is -3.21. The van der Waals surface area contributed by atoms with Crippen molar-refractivity contribution >= 4 is 22.4 Å². The number of rotatable bonds is 3. The monoisotopic (exact) mass is 293 g/mol. The Labute approximate surface area is 125 Å². The Morgan fingerprint density at radius 3 is 2.18 bits per heavy atom. The van der Waals surface area contributed by atoms with Crippen LogP contribution >= 0.6 is 0 Å². The number of hydrogen-bond acceptors (Lipinski definition) is 4. The summed E-state index contributed by atoms with van der Waals surface area (Å²) in [5, 5.41) is 12.0. The van der Waals surface area contributed by atoms with Crippen LogP contribution in [0.3, 0.4) is 0 Å². The van der Waals surface area contributed by atoms with Gasteiger partial charge in [-0.3, -0.25) is 10.1 Å². The van der Waals surface area contributed by atoms with Crippen molar-refractivity contribution in [2.45, 2.75) is 0 Å². The van der Waals surface area contributed by atoms with Crippen molar-refractivity contribution in [2.24, 2.45) is 0 Å². The molecule has 0 amide bonds. The molecule has 0 heterocycles. The van der Waals surface area contributed by atoms with Crippen LogP contribution in [0.4, 0.5) is 5.69 Å². The molecule has 3 rings (SSSR count). The summed E-state index contributed by atoms with van der Waals surface area (Å²) >= 11 is 0. The van der Waals surface area contributed by atoms with Gasteiger partial charge in [0.25, 0.3) is 5.69 Å². The summed E-state index contributed by atoms with van der Waals surface area (Å²) in [6, 6.07) is 18.1. The summed E-state index contributed by atoms with van der Waals surface area (Å²) in [6.45, 7) is 0. The summed E-state index contributed by atoms with van der Waals surface area (Å²) in [7, 11) is 0. The first-order valence-electron chi connectivity index (χ1n) is 6.60. The highest BCUT2D eigenvalue weighted by molar-refractivity contribution is 5.98. The van der Waals surface area contributed by atoms with Gasteiger partial charge in [-0.05, 0) is 24.3 Å². The lowest BCUT2D eigenvalue weighted by Crippen LogP contribution is -2.08. The van der Waals surface area contributed by atoms with E-state index in [1.165, 1.54) is 12.1 Å². The molecule has 5 heteroatoms. The van der Waals surface area contributed by atoms with Crippen molar-refractivity contribution in [1.29, 1.82) is 0 Å². The molecule has 22 heavy (non-hydrogen) atoms. The van der Waals surface area contributed by atoms with Gasteiger partial charge < -0.3 is 4.74 Å². The van der Waals surface area contributed by atoms with Crippen molar-refractivity contribution in [3.8, 4) is 5.75 Å². The van der Waals surface area contributed by atoms with Gasteiger partial charge in [0, 0.05) is 11.5 Å². The molecule has 0 radical (unpaired) electrons. The van der Waals surface area contributed by atoms with Gasteiger partial charge in [-0.1, -0.05) is 36.4 Å². The van der Waals surface area contributed by atoms with Crippen LogP contribution in [0.25, 0.3) is 10.8 Å². The number of benzene rings is 3. The third-order valence-corrected chi connectivity index (χ3v) is 3.27. The third-order valence-electron chi connectivity index (χ3n) is 3.27. The molecule has 0 atom stereocenters. The van der Waals surface area contributed by atoms with Crippen molar-refractivity contribution in [3.05, 3.63) is 82.4 Å². The normalized spacial score (nSPS) is 10.4. The van der Waals surface area contributed by atoms with E-state index >= 15 is 0 Å². The third kappa shape index (κ3) is 2.52. The Bertz CT molecular complexity index is 859. The van der Waals surface area contributed by atoms with E-state index in [0.29, 0.717) is 22.1 Å². The average Bonchev–Trinajstić information content (AvgIpc) is 2.55. The lowest BCUT2D eigenvalue weighted by molar-refractivity contribution is -0.383. The predicted octanol–water partition coefficient (Wildman–Crippen LogP) is 3.97. The molecular formula is C17H11NO4. The molecule has 0 aliphatic rings. The van der Waals surface area contributed by atoms with Crippen LogP contribution in [-0.2, 0) is 0 Å². The lowest BCUT2D eigenvalue weighted by atomic mass is 10.1. The predicted molar refractivity (Wildman–Crippen MR) is 82.0 cm³/mol. The summed E-state index contributed by atoms with van der Waals surface area (Å²) < 4.78 is 5.39. The minimum absolute atomic E-state index is 0.0184. The van der Waals surface area contributed by atoms with E-state index in [1.54, 1.807) is 54.6 Å². The molecule has 0 unspecified atom stereocenters. The lowest BCUT2D eigenvalue weighted by Gasteiger charge is -2.08. The fraction of sp³-hybridized carbons (Fsp3) is 0. The van der Waals surface area contributed by atoms with Gasteiger partial charge in [0.1, 0.15) is 5.75 Å². The van der Waals surface area contributed by atoms with Gasteiger partial charge >= 0.3 is 5.97 Å². The summed E-state index contributed by atoms with van der Waals surface area (Å²) in [6.07, 6.45) is 0. The second kappa shape index (κ2) is 5.65. The van der Waals surface area contributed by atoms with Crippen LogP contribution < -0.4 is 4.74 Å². The Morgan fingerprint density at radius 2 is 1.50 bits per heavy atom. The Kier molecular flexibility index (Phi) is 3.53. The molecule has 0 saturated heterocycles. The fourth-order valence-electron chi connectivity index (χ4n) is 2.24. The number of carbonyl (C=O) groups is 1. The molecule has 0 spiro atoms. The molecule has 108 valence electrons. The van der Waals surface area contributed by atoms with Crippen LogP contribution in [0.1, 0.15) is 10.4 Å². The van der Waals surface area contributed by atoms with Crippen molar-refractivity contribution < 1.29 is 14.5 Å². The minimum atomic E-state index is -0.500. The molecule has 0 N–H and O–H groups in total. The van der Waals surface area contributed by atoms with E-state index < -0.39 is 10.9 Å². The first-order chi connectivity index (χ1) is 10.7. The first kappa shape index (κ1) is 13.8.